The number of halogens is 1. The summed E-state index contributed by atoms with van der Waals surface area (Å²) in [5, 5.41) is 14.9. The Morgan fingerprint density at radius 1 is 1.40 bits per heavy atom. The van der Waals surface area contributed by atoms with Crippen molar-refractivity contribution in [3.63, 3.8) is 0 Å². The van der Waals surface area contributed by atoms with Crippen LogP contribution in [0.25, 0.3) is 0 Å². The number of nitrogens with zero attached hydrogens (tertiary/aromatic N) is 2. The molecule has 0 aliphatic carbocycles. The summed E-state index contributed by atoms with van der Waals surface area (Å²) in [4.78, 5) is 0. The molecule has 0 spiro atoms. The standard InChI is InChI=1S/C14H15BrN2O3/c1-2-5-17-13(10(15)7-16-17)14(18)9-3-4-11-12(6-9)20-8-19-11/h3-4,6-7,14,18H,2,5,8H2,1H3. The van der Waals surface area contributed by atoms with Crippen molar-refractivity contribution in [1.29, 1.82) is 0 Å². The highest BCUT2D eigenvalue weighted by molar-refractivity contribution is 9.10. The highest BCUT2D eigenvalue weighted by Crippen LogP contribution is 2.36. The molecule has 0 amide bonds. The molecule has 0 fully saturated rings. The van der Waals surface area contributed by atoms with Crippen LogP contribution < -0.4 is 9.47 Å². The van der Waals surface area contributed by atoms with Gasteiger partial charge in [-0.2, -0.15) is 5.10 Å². The van der Waals surface area contributed by atoms with Crippen LogP contribution in [0.3, 0.4) is 0 Å². The van der Waals surface area contributed by atoms with Crippen LogP contribution in [0.1, 0.15) is 30.7 Å². The lowest BCUT2D eigenvalue weighted by Crippen LogP contribution is -2.10. The molecule has 106 valence electrons. The van der Waals surface area contributed by atoms with Gasteiger partial charge in [0.05, 0.1) is 16.4 Å². The summed E-state index contributed by atoms with van der Waals surface area (Å²) in [6.07, 6.45) is 1.91. The summed E-state index contributed by atoms with van der Waals surface area (Å²) in [5.74, 6) is 1.38. The van der Waals surface area contributed by atoms with Crippen LogP contribution >= 0.6 is 15.9 Å². The molecule has 1 aliphatic heterocycles. The molecule has 1 aliphatic rings. The fourth-order valence-corrected chi connectivity index (χ4v) is 2.79. The van der Waals surface area contributed by atoms with Crippen LogP contribution in [0.5, 0.6) is 11.5 Å². The van der Waals surface area contributed by atoms with Gasteiger partial charge in [0.2, 0.25) is 6.79 Å². The largest absolute Gasteiger partial charge is 0.454 e. The van der Waals surface area contributed by atoms with Crippen molar-refractivity contribution < 1.29 is 14.6 Å². The van der Waals surface area contributed by atoms with Gasteiger partial charge >= 0.3 is 0 Å². The molecular formula is C14H15BrN2O3. The Balaban J connectivity index is 1.96. The number of aliphatic hydroxyl groups excluding tert-OH is 1. The lowest BCUT2D eigenvalue weighted by Gasteiger charge is -2.14. The molecule has 20 heavy (non-hydrogen) atoms. The number of benzene rings is 1. The zero-order valence-electron chi connectivity index (χ0n) is 11.0. The topological polar surface area (TPSA) is 56.5 Å². The third kappa shape index (κ3) is 2.29. The van der Waals surface area contributed by atoms with E-state index in [9.17, 15) is 5.11 Å². The highest BCUT2D eigenvalue weighted by Gasteiger charge is 2.22. The Labute approximate surface area is 125 Å². The number of hydrogen-bond acceptors (Lipinski definition) is 4. The van der Waals surface area contributed by atoms with Gasteiger partial charge in [-0.3, -0.25) is 4.68 Å². The summed E-state index contributed by atoms with van der Waals surface area (Å²) in [6, 6.07) is 5.46. The van der Waals surface area contributed by atoms with E-state index in [1.54, 1.807) is 6.20 Å². The van der Waals surface area contributed by atoms with Gasteiger partial charge in [-0.25, -0.2) is 0 Å². The highest BCUT2D eigenvalue weighted by atomic mass is 79.9. The molecule has 5 nitrogen and oxygen atoms in total. The Hall–Kier alpha value is -1.53. The summed E-state index contributed by atoms with van der Waals surface area (Å²) in [5.41, 5.74) is 1.51. The first kappa shape index (κ1) is 13.5. The second-order valence-corrected chi connectivity index (χ2v) is 5.47. The molecule has 2 aromatic rings. The number of fused-ring (bicyclic) bond motifs is 1. The quantitative estimate of drug-likeness (QED) is 0.931. The molecule has 3 rings (SSSR count). The summed E-state index contributed by atoms with van der Waals surface area (Å²) in [6.45, 7) is 3.07. The third-order valence-corrected chi connectivity index (χ3v) is 3.85. The van der Waals surface area contributed by atoms with Crippen LogP contribution in [0, 0.1) is 0 Å². The smallest absolute Gasteiger partial charge is 0.231 e. The molecule has 2 heterocycles. The average Bonchev–Trinajstić information content (AvgIpc) is 3.04. The van der Waals surface area contributed by atoms with E-state index in [1.165, 1.54) is 0 Å². The average molecular weight is 339 g/mol. The summed E-state index contributed by atoms with van der Waals surface area (Å²) in [7, 11) is 0. The van der Waals surface area contributed by atoms with Gasteiger partial charge in [-0.1, -0.05) is 13.0 Å². The number of aliphatic hydroxyl groups is 1. The van der Waals surface area contributed by atoms with Gasteiger partial charge in [-0.15, -0.1) is 0 Å². The molecule has 1 aromatic carbocycles. The minimum Gasteiger partial charge on any atom is -0.454 e. The monoisotopic (exact) mass is 338 g/mol. The van der Waals surface area contributed by atoms with E-state index in [0.717, 1.165) is 28.7 Å². The lowest BCUT2D eigenvalue weighted by atomic mass is 10.1. The number of ether oxygens (including phenoxy) is 2. The van der Waals surface area contributed by atoms with E-state index in [4.69, 9.17) is 9.47 Å². The van der Waals surface area contributed by atoms with Crippen molar-refractivity contribution >= 4 is 15.9 Å². The predicted molar refractivity (Wildman–Crippen MR) is 76.8 cm³/mol. The maximum Gasteiger partial charge on any atom is 0.231 e. The van der Waals surface area contributed by atoms with Crippen molar-refractivity contribution in [2.24, 2.45) is 0 Å². The molecule has 1 unspecified atom stereocenters. The third-order valence-electron chi connectivity index (χ3n) is 3.24. The van der Waals surface area contributed by atoms with Crippen LogP contribution in [0.2, 0.25) is 0 Å². The summed E-state index contributed by atoms with van der Waals surface area (Å²) < 4.78 is 13.2. The van der Waals surface area contributed by atoms with Gasteiger partial charge in [0.25, 0.3) is 0 Å². The maximum atomic E-state index is 10.6. The van der Waals surface area contributed by atoms with Gasteiger partial charge in [-0.05, 0) is 40.0 Å². The minimum absolute atomic E-state index is 0.229. The van der Waals surface area contributed by atoms with Crippen LogP contribution in [0.15, 0.2) is 28.9 Å². The number of hydrogen-bond donors (Lipinski definition) is 1. The molecule has 1 atom stereocenters. The zero-order chi connectivity index (χ0) is 14.1. The van der Waals surface area contributed by atoms with E-state index in [1.807, 2.05) is 22.9 Å². The maximum absolute atomic E-state index is 10.6. The van der Waals surface area contributed by atoms with E-state index in [2.05, 4.69) is 28.0 Å². The van der Waals surface area contributed by atoms with Crippen LogP contribution in [-0.4, -0.2) is 21.7 Å². The van der Waals surface area contributed by atoms with Gasteiger partial charge in [0.15, 0.2) is 11.5 Å². The molecule has 0 radical (unpaired) electrons. The van der Waals surface area contributed by atoms with Crippen molar-refractivity contribution in [2.45, 2.75) is 26.0 Å². The van der Waals surface area contributed by atoms with Crippen LogP contribution in [-0.2, 0) is 6.54 Å². The van der Waals surface area contributed by atoms with E-state index < -0.39 is 6.10 Å². The van der Waals surface area contributed by atoms with Gasteiger partial charge in [0.1, 0.15) is 6.10 Å². The number of rotatable bonds is 4. The van der Waals surface area contributed by atoms with Crippen molar-refractivity contribution in [3.05, 3.63) is 40.1 Å². The number of aryl methyl sites for hydroxylation is 1. The van der Waals surface area contributed by atoms with Crippen molar-refractivity contribution in [2.75, 3.05) is 6.79 Å². The fraction of sp³-hybridized carbons (Fsp3) is 0.357. The molecule has 0 saturated heterocycles. The van der Waals surface area contributed by atoms with E-state index in [-0.39, 0.29) is 6.79 Å². The zero-order valence-corrected chi connectivity index (χ0v) is 12.6. The second kappa shape index (κ2) is 5.46. The number of aromatic nitrogens is 2. The normalized spacial score (nSPS) is 14.6. The summed E-state index contributed by atoms with van der Waals surface area (Å²) >= 11 is 3.45. The van der Waals surface area contributed by atoms with Crippen molar-refractivity contribution in [1.82, 2.24) is 9.78 Å². The lowest BCUT2D eigenvalue weighted by molar-refractivity contribution is 0.173. The SMILES string of the molecule is CCCn1ncc(Br)c1C(O)c1ccc2c(c1)OCO2. The fourth-order valence-electron chi connectivity index (χ4n) is 2.27. The predicted octanol–water partition coefficient (Wildman–Crippen LogP) is 2.87. The molecule has 1 aromatic heterocycles. The molecule has 0 saturated carbocycles. The Kier molecular flexibility index (Phi) is 3.67. The Morgan fingerprint density at radius 3 is 3.00 bits per heavy atom. The van der Waals surface area contributed by atoms with E-state index in [0.29, 0.717) is 11.5 Å². The minimum atomic E-state index is -0.757. The molecule has 1 N–H and O–H groups in total. The van der Waals surface area contributed by atoms with Gasteiger partial charge in [0, 0.05) is 6.54 Å². The first-order valence-electron chi connectivity index (χ1n) is 6.49. The van der Waals surface area contributed by atoms with Gasteiger partial charge < -0.3 is 14.6 Å². The first-order valence-corrected chi connectivity index (χ1v) is 7.28. The van der Waals surface area contributed by atoms with Crippen molar-refractivity contribution in [3.8, 4) is 11.5 Å². The Bertz CT molecular complexity index is 627. The van der Waals surface area contributed by atoms with Crippen LogP contribution in [0.4, 0.5) is 0 Å². The molecule has 0 bridgehead atoms. The first-order chi connectivity index (χ1) is 9.70. The van der Waals surface area contributed by atoms with E-state index >= 15 is 0 Å². The second-order valence-electron chi connectivity index (χ2n) is 4.62. The Morgan fingerprint density at radius 2 is 2.20 bits per heavy atom. The molecule has 6 heteroatoms. The molecular weight excluding hydrogens is 324 g/mol.